The molecule has 0 spiro atoms. The number of methoxy groups -OCH3 is 1. The minimum absolute atomic E-state index is 0.123. The van der Waals surface area contributed by atoms with Gasteiger partial charge in [-0.25, -0.2) is 0 Å². The first-order chi connectivity index (χ1) is 10.0. The summed E-state index contributed by atoms with van der Waals surface area (Å²) in [5.41, 5.74) is 1.88. The summed E-state index contributed by atoms with van der Waals surface area (Å²) in [5, 5.41) is 14.0. The van der Waals surface area contributed by atoms with Gasteiger partial charge in [0.15, 0.2) is 11.5 Å². The second-order valence-electron chi connectivity index (χ2n) is 4.77. The highest BCUT2D eigenvalue weighted by molar-refractivity contribution is 9.10. The summed E-state index contributed by atoms with van der Waals surface area (Å²) in [6.45, 7) is 2.57. The highest BCUT2D eigenvalue weighted by Gasteiger charge is 2.11. The molecule has 0 heterocycles. The molecule has 112 valence electrons. The van der Waals surface area contributed by atoms with Gasteiger partial charge in [0.1, 0.15) is 0 Å². The fourth-order valence-electron chi connectivity index (χ4n) is 2.05. The lowest BCUT2D eigenvalue weighted by atomic mass is 10.1. The molecule has 0 aliphatic carbocycles. The van der Waals surface area contributed by atoms with Crippen LogP contribution in [0.3, 0.4) is 0 Å². The van der Waals surface area contributed by atoms with Crippen molar-refractivity contribution in [3.8, 4) is 11.5 Å². The second kappa shape index (κ2) is 7.16. The minimum atomic E-state index is 0.123. The second-order valence-corrected chi connectivity index (χ2v) is 6.12. The molecule has 0 saturated carbocycles. The molecule has 0 aliphatic heterocycles. The molecule has 2 aromatic carbocycles. The topological polar surface area (TPSA) is 41.5 Å². The van der Waals surface area contributed by atoms with Crippen LogP contribution >= 0.6 is 27.5 Å². The number of hydrogen-bond donors (Lipinski definition) is 2. The lowest BCUT2D eigenvalue weighted by Gasteiger charge is -2.16. The van der Waals surface area contributed by atoms with Gasteiger partial charge >= 0.3 is 0 Å². The van der Waals surface area contributed by atoms with Crippen LogP contribution in [0.4, 0.5) is 0 Å². The summed E-state index contributed by atoms with van der Waals surface area (Å²) >= 11 is 9.45. The molecule has 0 amide bonds. The van der Waals surface area contributed by atoms with Crippen LogP contribution in [0.2, 0.25) is 5.02 Å². The average molecular weight is 371 g/mol. The van der Waals surface area contributed by atoms with E-state index in [-0.39, 0.29) is 11.8 Å². The molecule has 0 radical (unpaired) electrons. The predicted octanol–water partition coefficient (Wildman–Crippen LogP) is 4.67. The molecule has 0 fully saturated rings. The van der Waals surface area contributed by atoms with Crippen molar-refractivity contribution >= 4 is 27.5 Å². The van der Waals surface area contributed by atoms with E-state index in [2.05, 4.69) is 40.3 Å². The maximum Gasteiger partial charge on any atom is 0.162 e. The summed E-state index contributed by atoms with van der Waals surface area (Å²) in [6.07, 6.45) is 0. The quantitative estimate of drug-likeness (QED) is 0.804. The molecule has 2 rings (SSSR count). The van der Waals surface area contributed by atoms with Crippen LogP contribution in [0.15, 0.2) is 40.9 Å². The van der Waals surface area contributed by atoms with E-state index in [1.807, 2.05) is 12.1 Å². The van der Waals surface area contributed by atoms with Crippen molar-refractivity contribution in [2.45, 2.75) is 19.5 Å². The summed E-state index contributed by atoms with van der Waals surface area (Å²) in [5.74, 6) is 0.507. The fourth-order valence-corrected chi connectivity index (χ4v) is 2.55. The number of hydrogen-bond acceptors (Lipinski definition) is 3. The SMILES string of the molecule is COc1cc(Cl)cc(CN[C@@H](C)c2ccc(Br)cc2)c1O. The minimum Gasteiger partial charge on any atom is -0.504 e. The van der Waals surface area contributed by atoms with Crippen molar-refractivity contribution in [3.05, 3.63) is 57.0 Å². The first-order valence-electron chi connectivity index (χ1n) is 6.55. The Kier molecular flexibility index (Phi) is 5.51. The number of phenols is 1. The number of rotatable bonds is 5. The Labute approximate surface area is 138 Å². The van der Waals surface area contributed by atoms with Crippen LogP contribution in [-0.2, 0) is 6.54 Å². The van der Waals surface area contributed by atoms with E-state index < -0.39 is 0 Å². The van der Waals surface area contributed by atoms with Crippen molar-refractivity contribution < 1.29 is 9.84 Å². The third-order valence-electron chi connectivity index (χ3n) is 3.31. The number of benzene rings is 2. The van der Waals surface area contributed by atoms with Crippen LogP contribution in [-0.4, -0.2) is 12.2 Å². The van der Waals surface area contributed by atoms with Gasteiger partial charge in [0.25, 0.3) is 0 Å². The maximum atomic E-state index is 10.1. The molecule has 0 aromatic heterocycles. The summed E-state index contributed by atoms with van der Waals surface area (Å²) in [7, 11) is 1.51. The monoisotopic (exact) mass is 369 g/mol. The zero-order valence-electron chi connectivity index (χ0n) is 11.9. The summed E-state index contributed by atoms with van der Waals surface area (Å²) in [6, 6.07) is 11.6. The molecular formula is C16H17BrClNO2. The van der Waals surface area contributed by atoms with Crippen molar-refractivity contribution in [3.63, 3.8) is 0 Å². The van der Waals surface area contributed by atoms with Crippen molar-refractivity contribution in [2.75, 3.05) is 7.11 Å². The lowest BCUT2D eigenvalue weighted by molar-refractivity contribution is 0.369. The third-order valence-corrected chi connectivity index (χ3v) is 4.05. The van der Waals surface area contributed by atoms with Crippen LogP contribution in [0.25, 0.3) is 0 Å². The van der Waals surface area contributed by atoms with E-state index in [9.17, 15) is 5.11 Å². The van der Waals surface area contributed by atoms with Gasteiger partial charge in [-0.15, -0.1) is 0 Å². The van der Waals surface area contributed by atoms with Crippen molar-refractivity contribution in [1.29, 1.82) is 0 Å². The van der Waals surface area contributed by atoms with Crippen LogP contribution in [0.5, 0.6) is 11.5 Å². The van der Waals surface area contributed by atoms with E-state index in [0.717, 1.165) is 4.47 Å². The standard InChI is InChI=1S/C16H17BrClNO2/c1-10(11-3-5-13(17)6-4-11)19-9-12-7-14(18)8-15(21-2)16(12)20/h3-8,10,19-20H,9H2,1-2H3/t10-/m0/s1. The van der Waals surface area contributed by atoms with Gasteiger partial charge < -0.3 is 15.2 Å². The number of aromatic hydroxyl groups is 1. The Morgan fingerprint density at radius 2 is 1.95 bits per heavy atom. The Bertz CT molecular complexity index is 616. The number of ether oxygens (including phenoxy) is 1. The van der Waals surface area contributed by atoms with Gasteiger partial charge in [-0.1, -0.05) is 39.7 Å². The molecule has 0 unspecified atom stereocenters. The molecule has 5 heteroatoms. The molecule has 21 heavy (non-hydrogen) atoms. The Hall–Kier alpha value is -1.23. The van der Waals surface area contributed by atoms with Gasteiger partial charge in [-0.3, -0.25) is 0 Å². The van der Waals surface area contributed by atoms with Crippen LogP contribution < -0.4 is 10.1 Å². The average Bonchev–Trinajstić information content (AvgIpc) is 2.48. The van der Waals surface area contributed by atoms with Gasteiger partial charge in [0, 0.05) is 33.7 Å². The van der Waals surface area contributed by atoms with Gasteiger partial charge in [0.2, 0.25) is 0 Å². The molecule has 3 nitrogen and oxygen atoms in total. The Morgan fingerprint density at radius 1 is 1.29 bits per heavy atom. The first-order valence-corrected chi connectivity index (χ1v) is 7.72. The van der Waals surface area contributed by atoms with E-state index in [0.29, 0.717) is 22.9 Å². The molecule has 2 N–H and O–H groups in total. The van der Waals surface area contributed by atoms with Gasteiger partial charge in [-0.05, 0) is 30.7 Å². The van der Waals surface area contributed by atoms with Crippen molar-refractivity contribution in [1.82, 2.24) is 5.32 Å². The molecule has 0 bridgehead atoms. The zero-order chi connectivity index (χ0) is 15.4. The van der Waals surface area contributed by atoms with Crippen LogP contribution in [0, 0.1) is 0 Å². The summed E-state index contributed by atoms with van der Waals surface area (Å²) in [4.78, 5) is 0. The van der Waals surface area contributed by atoms with E-state index >= 15 is 0 Å². The highest BCUT2D eigenvalue weighted by Crippen LogP contribution is 2.33. The predicted molar refractivity (Wildman–Crippen MR) is 89.1 cm³/mol. The first kappa shape index (κ1) is 16.1. The molecule has 1 atom stereocenters. The smallest absolute Gasteiger partial charge is 0.162 e. The number of halogens is 2. The zero-order valence-corrected chi connectivity index (χ0v) is 14.2. The summed E-state index contributed by atoms with van der Waals surface area (Å²) < 4.78 is 6.16. The lowest BCUT2D eigenvalue weighted by Crippen LogP contribution is -2.18. The van der Waals surface area contributed by atoms with Gasteiger partial charge in [0.05, 0.1) is 7.11 Å². The largest absolute Gasteiger partial charge is 0.504 e. The molecule has 0 saturated heterocycles. The number of phenolic OH excluding ortho intramolecular Hbond substituents is 1. The molecular weight excluding hydrogens is 354 g/mol. The van der Waals surface area contributed by atoms with Gasteiger partial charge in [-0.2, -0.15) is 0 Å². The fraction of sp³-hybridized carbons (Fsp3) is 0.250. The Morgan fingerprint density at radius 3 is 2.57 bits per heavy atom. The molecule has 2 aromatic rings. The van der Waals surface area contributed by atoms with Crippen LogP contribution in [0.1, 0.15) is 24.1 Å². The van der Waals surface area contributed by atoms with E-state index in [1.54, 1.807) is 12.1 Å². The number of nitrogens with one attached hydrogen (secondary N) is 1. The third kappa shape index (κ3) is 4.13. The van der Waals surface area contributed by atoms with E-state index in [4.69, 9.17) is 16.3 Å². The van der Waals surface area contributed by atoms with Crippen molar-refractivity contribution in [2.24, 2.45) is 0 Å². The Balaban J connectivity index is 2.09. The molecule has 0 aliphatic rings. The highest BCUT2D eigenvalue weighted by atomic mass is 79.9. The van der Waals surface area contributed by atoms with E-state index in [1.165, 1.54) is 12.7 Å². The normalized spacial score (nSPS) is 12.2. The maximum absolute atomic E-state index is 10.1.